The monoisotopic (exact) mass is 234 g/mol. The van der Waals surface area contributed by atoms with Crippen LogP contribution in [0.2, 0.25) is 0 Å². The number of hydrogen-bond acceptors (Lipinski definition) is 4. The number of hydrogen-bond donors (Lipinski definition) is 1. The van der Waals surface area contributed by atoms with Gasteiger partial charge in [-0.25, -0.2) is 0 Å². The molecule has 4 heteroatoms. The maximum Gasteiger partial charge on any atom is 0.0542 e. The van der Waals surface area contributed by atoms with Crippen LogP contribution in [-0.4, -0.2) is 47.5 Å². The van der Waals surface area contributed by atoms with Crippen LogP contribution in [0.3, 0.4) is 0 Å². The lowest BCUT2D eigenvalue weighted by molar-refractivity contribution is 0.0999. The molecular formula is C13H22N4. The molecule has 1 aromatic heterocycles. The first-order valence-electron chi connectivity index (χ1n) is 6.25. The Kier molecular flexibility index (Phi) is 4.10. The molecule has 4 nitrogen and oxygen atoms in total. The minimum Gasteiger partial charge on any atom is -0.325 e. The number of nitrogens with two attached hydrogens (primary N) is 1. The highest BCUT2D eigenvalue weighted by molar-refractivity contribution is 5.16. The normalized spacial score (nSPS) is 22.9. The average Bonchev–Trinajstić information content (AvgIpc) is 2.34. The minimum atomic E-state index is 0.521. The van der Waals surface area contributed by atoms with E-state index in [0.29, 0.717) is 12.6 Å². The van der Waals surface area contributed by atoms with Crippen molar-refractivity contribution in [2.24, 2.45) is 5.73 Å². The van der Waals surface area contributed by atoms with E-state index in [9.17, 15) is 0 Å². The lowest BCUT2D eigenvalue weighted by atomic mass is 10.1. The number of rotatable bonds is 3. The van der Waals surface area contributed by atoms with Crippen LogP contribution in [-0.2, 0) is 13.1 Å². The van der Waals surface area contributed by atoms with Crippen LogP contribution in [0.4, 0.5) is 0 Å². The molecule has 2 heterocycles. The van der Waals surface area contributed by atoms with E-state index in [1.54, 1.807) is 0 Å². The Labute approximate surface area is 103 Å². The predicted molar refractivity (Wildman–Crippen MR) is 69.5 cm³/mol. The van der Waals surface area contributed by atoms with Crippen LogP contribution in [0, 0.1) is 0 Å². The summed E-state index contributed by atoms with van der Waals surface area (Å²) in [5, 5.41) is 0. The number of nitrogens with zero attached hydrogens (tertiary/aromatic N) is 3. The van der Waals surface area contributed by atoms with Gasteiger partial charge in [-0.1, -0.05) is 0 Å². The Balaban J connectivity index is 1.96. The molecule has 1 saturated heterocycles. The highest BCUT2D eigenvalue weighted by Gasteiger charge is 2.20. The van der Waals surface area contributed by atoms with E-state index in [4.69, 9.17) is 5.73 Å². The Morgan fingerprint density at radius 3 is 3.00 bits per heavy atom. The SMILES string of the molecule is CC1CN(Cc2ccnc(CN)c2)CCN1C. The highest BCUT2D eigenvalue weighted by Crippen LogP contribution is 2.11. The molecule has 1 aromatic rings. The van der Waals surface area contributed by atoms with Crippen LogP contribution >= 0.6 is 0 Å². The summed E-state index contributed by atoms with van der Waals surface area (Å²) in [6, 6.07) is 4.84. The van der Waals surface area contributed by atoms with Crippen LogP contribution < -0.4 is 5.73 Å². The Morgan fingerprint density at radius 2 is 2.29 bits per heavy atom. The van der Waals surface area contributed by atoms with Crippen LogP contribution in [0.5, 0.6) is 0 Å². The Hall–Kier alpha value is -0.970. The average molecular weight is 234 g/mol. The van der Waals surface area contributed by atoms with Gasteiger partial charge in [0.25, 0.3) is 0 Å². The summed E-state index contributed by atoms with van der Waals surface area (Å²) in [4.78, 5) is 9.14. The molecule has 0 saturated carbocycles. The van der Waals surface area contributed by atoms with E-state index in [-0.39, 0.29) is 0 Å². The van der Waals surface area contributed by atoms with Gasteiger partial charge in [-0.15, -0.1) is 0 Å². The summed E-state index contributed by atoms with van der Waals surface area (Å²) in [7, 11) is 2.20. The van der Waals surface area contributed by atoms with E-state index < -0.39 is 0 Å². The number of likely N-dealkylation sites (N-methyl/N-ethyl adjacent to an activating group) is 1. The maximum absolute atomic E-state index is 5.61. The second kappa shape index (κ2) is 5.58. The fraction of sp³-hybridized carbons (Fsp3) is 0.615. The molecule has 0 spiro atoms. The van der Waals surface area contributed by atoms with Gasteiger partial charge in [0.15, 0.2) is 0 Å². The van der Waals surface area contributed by atoms with E-state index in [0.717, 1.165) is 31.9 Å². The van der Waals surface area contributed by atoms with Gasteiger partial charge >= 0.3 is 0 Å². The molecule has 2 rings (SSSR count). The van der Waals surface area contributed by atoms with Gasteiger partial charge in [0.2, 0.25) is 0 Å². The smallest absolute Gasteiger partial charge is 0.0542 e. The third-order valence-electron chi connectivity index (χ3n) is 3.54. The molecule has 0 bridgehead atoms. The van der Waals surface area contributed by atoms with E-state index in [2.05, 4.69) is 40.9 Å². The van der Waals surface area contributed by atoms with E-state index in [1.807, 2.05) is 6.20 Å². The Bertz CT molecular complexity index is 366. The molecule has 0 radical (unpaired) electrons. The molecule has 1 unspecified atom stereocenters. The van der Waals surface area contributed by atoms with Gasteiger partial charge in [-0.05, 0) is 31.7 Å². The van der Waals surface area contributed by atoms with Crippen molar-refractivity contribution in [3.8, 4) is 0 Å². The van der Waals surface area contributed by atoms with Gasteiger partial charge in [0.1, 0.15) is 0 Å². The van der Waals surface area contributed by atoms with Crippen molar-refractivity contribution < 1.29 is 0 Å². The molecule has 94 valence electrons. The van der Waals surface area contributed by atoms with Crippen molar-refractivity contribution in [3.63, 3.8) is 0 Å². The maximum atomic E-state index is 5.61. The summed E-state index contributed by atoms with van der Waals surface area (Å²) in [6.07, 6.45) is 1.86. The topological polar surface area (TPSA) is 45.4 Å². The summed E-state index contributed by atoms with van der Waals surface area (Å²) in [6.45, 7) is 7.23. The Morgan fingerprint density at radius 1 is 1.47 bits per heavy atom. The third kappa shape index (κ3) is 3.25. The van der Waals surface area contributed by atoms with Crippen molar-refractivity contribution in [1.29, 1.82) is 0 Å². The zero-order valence-electron chi connectivity index (χ0n) is 10.8. The van der Waals surface area contributed by atoms with Gasteiger partial charge in [0, 0.05) is 45.0 Å². The summed E-state index contributed by atoms with van der Waals surface area (Å²) < 4.78 is 0. The molecular weight excluding hydrogens is 212 g/mol. The second-order valence-corrected chi connectivity index (χ2v) is 4.92. The number of pyridine rings is 1. The van der Waals surface area contributed by atoms with Gasteiger partial charge < -0.3 is 10.6 Å². The van der Waals surface area contributed by atoms with Crippen molar-refractivity contribution in [3.05, 3.63) is 29.6 Å². The minimum absolute atomic E-state index is 0.521. The zero-order chi connectivity index (χ0) is 12.3. The molecule has 1 atom stereocenters. The molecule has 0 aliphatic carbocycles. The molecule has 1 fully saturated rings. The lowest BCUT2D eigenvalue weighted by Gasteiger charge is -2.37. The first-order chi connectivity index (χ1) is 8.19. The summed E-state index contributed by atoms with van der Waals surface area (Å²) in [5.41, 5.74) is 7.90. The predicted octanol–water partition coefficient (Wildman–Crippen LogP) is 0.676. The molecule has 2 N–H and O–H groups in total. The standard InChI is InChI=1S/C13H22N4/c1-11-9-17(6-5-16(11)2)10-12-3-4-15-13(7-12)8-14/h3-4,7,11H,5-6,8-10,14H2,1-2H3. The largest absolute Gasteiger partial charge is 0.325 e. The number of piperazine rings is 1. The molecule has 1 aliphatic heterocycles. The van der Waals surface area contributed by atoms with Crippen molar-refractivity contribution >= 4 is 0 Å². The summed E-state index contributed by atoms with van der Waals surface area (Å²) >= 11 is 0. The third-order valence-corrected chi connectivity index (χ3v) is 3.54. The van der Waals surface area contributed by atoms with Crippen molar-refractivity contribution in [2.45, 2.75) is 26.1 Å². The van der Waals surface area contributed by atoms with Crippen molar-refractivity contribution in [2.75, 3.05) is 26.7 Å². The zero-order valence-corrected chi connectivity index (χ0v) is 10.8. The van der Waals surface area contributed by atoms with Crippen LogP contribution in [0.15, 0.2) is 18.3 Å². The first-order valence-corrected chi connectivity index (χ1v) is 6.25. The van der Waals surface area contributed by atoms with E-state index >= 15 is 0 Å². The van der Waals surface area contributed by atoms with Gasteiger partial charge in [-0.2, -0.15) is 0 Å². The van der Waals surface area contributed by atoms with Crippen LogP contribution in [0.25, 0.3) is 0 Å². The fourth-order valence-electron chi connectivity index (χ4n) is 2.26. The first kappa shape index (κ1) is 12.5. The molecule has 0 aromatic carbocycles. The lowest BCUT2D eigenvalue weighted by Crippen LogP contribution is -2.49. The summed E-state index contributed by atoms with van der Waals surface area (Å²) in [5.74, 6) is 0. The second-order valence-electron chi connectivity index (χ2n) is 4.92. The van der Waals surface area contributed by atoms with Crippen molar-refractivity contribution in [1.82, 2.24) is 14.8 Å². The molecule has 17 heavy (non-hydrogen) atoms. The van der Waals surface area contributed by atoms with E-state index in [1.165, 1.54) is 5.56 Å². The van der Waals surface area contributed by atoms with Crippen LogP contribution in [0.1, 0.15) is 18.2 Å². The van der Waals surface area contributed by atoms with Gasteiger partial charge in [0.05, 0.1) is 5.69 Å². The number of aromatic nitrogens is 1. The van der Waals surface area contributed by atoms with Gasteiger partial charge in [-0.3, -0.25) is 9.88 Å². The molecule has 0 amide bonds. The molecule has 1 aliphatic rings. The highest BCUT2D eigenvalue weighted by atomic mass is 15.3. The fourth-order valence-corrected chi connectivity index (χ4v) is 2.26. The quantitative estimate of drug-likeness (QED) is 0.835.